The molecular formula is C16H22ClN3O3. The zero-order valence-corrected chi connectivity index (χ0v) is 14.0. The molecule has 0 spiro atoms. The monoisotopic (exact) mass is 339 g/mol. The number of piperazine rings is 1. The number of hydrogen-bond donors (Lipinski definition) is 1. The smallest absolute Gasteiger partial charge is 0.264 e. The van der Waals surface area contributed by atoms with Crippen molar-refractivity contribution >= 4 is 24.2 Å². The van der Waals surface area contributed by atoms with Gasteiger partial charge < -0.3 is 19.9 Å². The van der Waals surface area contributed by atoms with Crippen LogP contribution in [-0.2, 0) is 16.0 Å². The fourth-order valence-corrected chi connectivity index (χ4v) is 2.86. The normalized spacial score (nSPS) is 19.3. The molecule has 1 aromatic rings. The second kappa shape index (κ2) is 7.66. The van der Waals surface area contributed by atoms with E-state index in [1.807, 2.05) is 24.3 Å². The van der Waals surface area contributed by atoms with Gasteiger partial charge in [-0.15, -0.1) is 12.4 Å². The van der Waals surface area contributed by atoms with E-state index in [4.69, 9.17) is 4.74 Å². The average molecular weight is 340 g/mol. The number of halogens is 1. The highest BCUT2D eigenvalue weighted by atomic mass is 35.5. The second-order valence-corrected chi connectivity index (χ2v) is 5.74. The number of nitrogens with zero attached hydrogens (tertiary/aromatic N) is 2. The number of carbonyl (C=O) groups excluding carboxylic acids is 2. The zero-order chi connectivity index (χ0) is 15.5. The molecule has 2 amide bonds. The summed E-state index contributed by atoms with van der Waals surface area (Å²) in [6, 6.07) is 7.67. The predicted molar refractivity (Wildman–Crippen MR) is 88.9 cm³/mol. The van der Waals surface area contributed by atoms with Crippen molar-refractivity contribution in [1.82, 2.24) is 15.1 Å². The molecule has 1 unspecified atom stereocenters. The van der Waals surface area contributed by atoms with E-state index in [1.165, 1.54) is 4.90 Å². The van der Waals surface area contributed by atoms with E-state index in [1.54, 1.807) is 11.9 Å². The number of rotatable bonds is 3. The van der Waals surface area contributed by atoms with Crippen molar-refractivity contribution in [2.75, 3.05) is 39.8 Å². The molecule has 0 radical (unpaired) electrons. The third-order valence-electron chi connectivity index (χ3n) is 4.14. The van der Waals surface area contributed by atoms with Gasteiger partial charge in [0.15, 0.2) is 6.10 Å². The summed E-state index contributed by atoms with van der Waals surface area (Å²) in [5.74, 6) is 0.621. The summed E-state index contributed by atoms with van der Waals surface area (Å²) in [6.07, 6.45) is 0.0551. The van der Waals surface area contributed by atoms with E-state index < -0.39 is 6.10 Å². The average Bonchev–Trinajstić information content (AvgIpc) is 2.98. The molecule has 1 fully saturated rings. The minimum absolute atomic E-state index is 0. The predicted octanol–water partition coefficient (Wildman–Crippen LogP) is 0.302. The van der Waals surface area contributed by atoms with Crippen LogP contribution in [0.4, 0.5) is 0 Å². The highest BCUT2D eigenvalue weighted by Crippen LogP contribution is 2.28. The van der Waals surface area contributed by atoms with Crippen molar-refractivity contribution in [1.29, 1.82) is 0 Å². The van der Waals surface area contributed by atoms with Gasteiger partial charge in [0, 0.05) is 39.6 Å². The molecule has 126 valence electrons. The van der Waals surface area contributed by atoms with Crippen molar-refractivity contribution in [2.24, 2.45) is 0 Å². The molecule has 0 aliphatic carbocycles. The summed E-state index contributed by atoms with van der Waals surface area (Å²) in [4.78, 5) is 27.9. The molecule has 2 aliphatic rings. The standard InChI is InChI=1S/C16H21N3O3.ClH/c1-18(11-15(20)19-8-6-17-7-9-19)16(21)14-10-12-4-2-3-5-13(12)22-14;/h2-5,14,17H,6-11H2,1H3;1H. The maximum absolute atomic E-state index is 12.4. The van der Waals surface area contributed by atoms with Crippen molar-refractivity contribution in [3.63, 3.8) is 0 Å². The van der Waals surface area contributed by atoms with Gasteiger partial charge in [-0.25, -0.2) is 0 Å². The second-order valence-electron chi connectivity index (χ2n) is 5.74. The molecule has 2 aliphatic heterocycles. The Bertz CT molecular complexity index is 550. The molecule has 1 atom stereocenters. The third-order valence-corrected chi connectivity index (χ3v) is 4.14. The van der Waals surface area contributed by atoms with Crippen LogP contribution in [0, 0.1) is 0 Å². The van der Waals surface area contributed by atoms with Crippen molar-refractivity contribution in [2.45, 2.75) is 12.5 Å². The van der Waals surface area contributed by atoms with Gasteiger partial charge in [0.2, 0.25) is 5.91 Å². The molecule has 23 heavy (non-hydrogen) atoms. The molecule has 0 aromatic heterocycles. The Labute approximate surface area is 142 Å². The number of benzene rings is 1. The highest BCUT2D eigenvalue weighted by molar-refractivity contribution is 5.87. The highest BCUT2D eigenvalue weighted by Gasteiger charge is 2.32. The van der Waals surface area contributed by atoms with Crippen LogP contribution in [-0.4, -0.2) is 67.5 Å². The van der Waals surface area contributed by atoms with Crippen LogP contribution in [0.1, 0.15) is 5.56 Å². The lowest BCUT2D eigenvalue weighted by atomic mass is 10.1. The first-order valence-electron chi connectivity index (χ1n) is 7.63. The summed E-state index contributed by atoms with van der Waals surface area (Å²) in [7, 11) is 1.66. The van der Waals surface area contributed by atoms with Gasteiger partial charge in [0.05, 0.1) is 6.54 Å². The van der Waals surface area contributed by atoms with E-state index in [2.05, 4.69) is 5.32 Å². The number of carbonyl (C=O) groups is 2. The summed E-state index contributed by atoms with van der Waals surface area (Å²) in [6.45, 7) is 3.13. The summed E-state index contributed by atoms with van der Waals surface area (Å²) >= 11 is 0. The lowest BCUT2D eigenvalue weighted by Gasteiger charge is -2.29. The SMILES string of the molecule is CN(CC(=O)N1CCNCC1)C(=O)C1Cc2ccccc2O1.Cl. The third kappa shape index (κ3) is 3.95. The molecule has 0 saturated carbocycles. The van der Waals surface area contributed by atoms with Crippen molar-refractivity contribution < 1.29 is 14.3 Å². The van der Waals surface area contributed by atoms with E-state index >= 15 is 0 Å². The number of ether oxygens (including phenoxy) is 1. The summed E-state index contributed by atoms with van der Waals surface area (Å²) < 4.78 is 5.69. The van der Waals surface area contributed by atoms with Crippen LogP contribution in [0.15, 0.2) is 24.3 Å². The largest absolute Gasteiger partial charge is 0.480 e. The van der Waals surface area contributed by atoms with E-state index in [0.29, 0.717) is 19.5 Å². The molecule has 2 heterocycles. The van der Waals surface area contributed by atoms with Gasteiger partial charge in [-0.2, -0.15) is 0 Å². The van der Waals surface area contributed by atoms with Gasteiger partial charge in [-0.3, -0.25) is 9.59 Å². The van der Waals surface area contributed by atoms with Crippen molar-refractivity contribution in [3.05, 3.63) is 29.8 Å². The number of hydrogen-bond acceptors (Lipinski definition) is 4. The van der Waals surface area contributed by atoms with Gasteiger partial charge in [-0.1, -0.05) is 18.2 Å². The first-order chi connectivity index (χ1) is 10.6. The molecule has 6 nitrogen and oxygen atoms in total. The molecular weight excluding hydrogens is 318 g/mol. The maximum Gasteiger partial charge on any atom is 0.264 e. The lowest BCUT2D eigenvalue weighted by molar-refractivity contribution is -0.143. The fraction of sp³-hybridized carbons (Fsp3) is 0.500. The van der Waals surface area contributed by atoms with E-state index in [9.17, 15) is 9.59 Å². The quantitative estimate of drug-likeness (QED) is 0.860. The Hall–Kier alpha value is -1.79. The molecule has 7 heteroatoms. The maximum atomic E-state index is 12.4. The number of likely N-dealkylation sites (N-methyl/N-ethyl adjacent to an activating group) is 1. The summed E-state index contributed by atoms with van der Waals surface area (Å²) in [5.41, 5.74) is 1.04. The van der Waals surface area contributed by atoms with E-state index in [-0.39, 0.29) is 30.8 Å². The Morgan fingerprint density at radius 2 is 2.00 bits per heavy atom. The first kappa shape index (κ1) is 17.6. The summed E-state index contributed by atoms with van der Waals surface area (Å²) in [5, 5.41) is 3.21. The number of para-hydroxylation sites is 1. The van der Waals surface area contributed by atoms with Crippen molar-refractivity contribution in [3.8, 4) is 5.75 Å². The van der Waals surface area contributed by atoms with E-state index in [0.717, 1.165) is 24.4 Å². The lowest BCUT2D eigenvalue weighted by Crippen LogP contribution is -2.51. The Morgan fingerprint density at radius 1 is 1.30 bits per heavy atom. The minimum atomic E-state index is -0.516. The zero-order valence-electron chi connectivity index (χ0n) is 13.2. The van der Waals surface area contributed by atoms with Gasteiger partial charge in [0.1, 0.15) is 5.75 Å². The molecule has 3 rings (SSSR count). The van der Waals surface area contributed by atoms with Crippen LogP contribution in [0.2, 0.25) is 0 Å². The van der Waals surface area contributed by atoms with Crippen LogP contribution in [0.5, 0.6) is 5.75 Å². The van der Waals surface area contributed by atoms with Crippen LogP contribution in [0.3, 0.4) is 0 Å². The molecule has 1 saturated heterocycles. The molecule has 1 N–H and O–H groups in total. The minimum Gasteiger partial charge on any atom is -0.480 e. The van der Waals surface area contributed by atoms with Gasteiger partial charge in [-0.05, 0) is 11.6 Å². The molecule has 0 bridgehead atoms. The first-order valence-corrected chi connectivity index (χ1v) is 7.63. The Morgan fingerprint density at radius 3 is 2.70 bits per heavy atom. The Balaban J connectivity index is 0.00000192. The van der Waals surface area contributed by atoms with Gasteiger partial charge >= 0.3 is 0 Å². The van der Waals surface area contributed by atoms with Gasteiger partial charge in [0.25, 0.3) is 5.91 Å². The Kier molecular flexibility index (Phi) is 5.85. The fourth-order valence-electron chi connectivity index (χ4n) is 2.86. The number of nitrogens with one attached hydrogen (secondary N) is 1. The number of amides is 2. The van der Waals surface area contributed by atoms with Crippen LogP contribution < -0.4 is 10.1 Å². The topological polar surface area (TPSA) is 61.9 Å². The van der Waals surface area contributed by atoms with Crippen LogP contribution in [0.25, 0.3) is 0 Å². The molecule has 1 aromatic carbocycles. The number of fused-ring (bicyclic) bond motifs is 1. The van der Waals surface area contributed by atoms with Crippen LogP contribution >= 0.6 is 12.4 Å².